The van der Waals surface area contributed by atoms with Crippen LogP contribution in [0.3, 0.4) is 0 Å². The van der Waals surface area contributed by atoms with Crippen LogP contribution in [-0.2, 0) is 0 Å². The highest BCUT2D eigenvalue weighted by Crippen LogP contribution is 2.21. The van der Waals surface area contributed by atoms with Crippen molar-refractivity contribution in [3.05, 3.63) is 34.6 Å². The largest absolute Gasteiger partial charge is 0.330 e. The van der Waals surface area contributed by atoms with Gasteiger partial charge in [-0.1, -0.05) is 17.7 Å². The van der Waals surface area contributed by atoms with E-state index in [4.69, 9.17) is 23.1 Å². The molecule has 15 heavy (non-hydrogen) atoms. The fourth-order valence-corrected chi connectivity index (χ4v) is 1.44. The third-order valence-corrected chi connectivity index (χ3v) is 2.38. The first-order chi connectivity index (χ1) is 6.65. The second-order valence-electron chi connectivity index (χ2n) is 3.21. The minimum Gasteiger partial charge on any atom is -0.330 e. The van der Waals surface area contributed by atoms with Gasteiger partial charge in [-0.2, -0.15) is 0 Å². The summed E-state index contributed by atoms with van der Waals surface area (Å²) in [6.07, 6.45) is 1.65. The Balaban J connectivity index is 0.00000196. The SMILES string of the molecule is Cl.NCCC[C@H](N)c1ccc(F)c(Cl)c1. The van der Waals surface area contributed by atoms with Crippen molar-refractivity contribution in [2.75, 3.05) is 6.54 Å². The third kappa shape index (κ3) is 4.34. The van der Waals surface area contributed by atoms with E-state index in [2.05, 4.69) is 0 Å². The first-order valence-corrected chi connectivity index (χ1v) is 4.93. The second-order valence-corrected chi connectivity index (χ2v) is 3.62. The van der Waals surface area contributed by atoms with Crippen LogP contribution in [0.2, 0.25) is 5.02 Å². The Hall–Kier alpha value is -0.350. The van der Waals surface area contributed by atoms with E-state index in [0.29, 0.717) is 6.54 Å². The summed E-state index contributed by atoms with van der Waals surface area (Å²) in [5.41, 5.74) is 12.1. The van der Waals surface area contributed by atoms with Crippen molar-refractivity contribution >= 4 is 24.0 Å². The summed E-state index contributed by atoms with van der Waals surface area (Å²) in [5.74, 6) is -0.415. The van der Waals surface area contributed by atoms with E-state index in [-0.39, 0.29) is 23.5 Å². The highest BCUT2D eigenvalue weighted by Gasteiger charge is 2.07. The van der Waals surface area contributed by atoms with E-state index < -0.39 is 5.82 Å². The molecule has 0 saturated carbocycles. The molecule has 1 rings (SSSR count). The average Bonchev–Trinajstić information content (AvgIpc) is 2.18. The molecule has 0 unspecified atom stereocenters. The number of rotatable bonds is 4. The van der Waals surface area contributed by atoms with E-state index in [1.54, 1.807) is 12.1 Å². The average molecular weight is 253 g/mol. The molecule has 5 heteroatoms. The van der Waals surface area contributed by atoms with Crippen LogP contribution in [0.5, 0.6) is 0 Å². The van der Waals surface area contributed by atoms with Gasteiger partial charge in [0, 0.05) is 6.04 Å². The van der Waals surface area contributed by atoms with Gasteiger partial charge < -0.3 is 11.5 Å². The van der Waals surface area contributed by atoms with Gasteiger partial charge in [-0.15, -0.1) is 12.4 Å². The number of hydrogen-bond donors (Lipinski definition) is 2. The molecule has 4 N–H and O–H groups in total. The molecule has 0 amide bonds. The summed E-state index contributed by atoms with van der Waals surface area (Å²) < 4.78 is 12.8. The van der Waals surface area contributed by atoms with Crippen LogP contribution in [0.25, 0.3) is 0 Å². The van der Waals surface area contributed by atoms with E-state index >= 15 is 0 Å². The molecule has 0 aliphatic rings. The zero-order chi connectivity index (χ0) is 10.6. The van der Waals surface area contributed by atoms with Crippen LogP contribution < -0.4 is 11.5 Å². The lowest BCUT2D eigenvalue weighted by molar-refractivity contribution is 0.607. The maximum Gasteiger partial charge on any atom is 0.141 e. The molecule has 2 nitrogen and oxygen atoms in total. The van der Waals surface area contributed by atoms with Crippen LogP contribution >= 0.6 is 24.0 Å². The predicted octanol–water partition coefficient (Wildman–Crippen LogP) is 2.64. The second kappa shape index (κ2) is 7.01. The van der Waals surface area contributed by atoms with E-state index in [1.807, 2.05) is 0 Å². The van der Waals surface area contributed by atoms with Crippen LogP contribution in [0.1, 0.15) is 24.4 Å². The highest BCUT2D eigenvalue weighted by atomic mass is 35.5. The van der Waals surface area contributed by atoms with Crippen LogP contribution in [0.4, 0.5) is 4.39 Å². The molecular formula is C10H15Cl2FN2. The van der Waals surface area contributed by atoms with E-state index in [9.17, 15) is 4.39 Å². The van der Waals surface area contributed by atoms with Crippen molar-refractivity contribution in [3.63, 3.8) is 0 Å². The van der Waals surface area contributed by atoms with Crippen LogP contribution in [0, 0.1) is 5.82 Å². The number of benzene rings is 1. The zero-order valence-electron chi connectivity index (χ0n) is 8.25. The fourth-order valence-electron chi connectivity index (χ4n) is 1.25. The smallest absolute Gasteiger partial charge is 0.141 e. The Morgan fingerprint density at radius 1 is 1.40 bits per heavy atom. The third-order valence-electron chi connectivity index (χ3n) is 2.09. The van der Waals surface area contributed by atoms with Gasteiger partial charge in [0.1, 0.15) is 5.82 Å². The van der Waals surface area contributed by atoms with Gasteiger partial charge in [0.05, 0.1) is 5.02 Å². The molecule has 0 saturated heterocycles. The lowest BCUT2D eigenvalue weighted by Crippen LogP contribution is -2.12. The van der Waals surface area contributed by atoms with Gasteiger partial charge >= 0.3 is 0 Å². The van der Waals surface area contributed by atoms with Gasteiger partial charge in [-0.25, -0.2) is 4.39 Å². The normalized spacial score (nSPS) is 12.0. The predicted molar refractivity (Wildman–Crippen MR) is 63.9 cm³/mol. The van der Waals surface area contributed by atoms with Crippen molar-refractivity contribution in [1.29, 1.82) is 0 Å². The summed E-state index contributed by atoms with van der Waals surface area (Å²) in [7, 11) is 0. The molecule has 86 valence electrons. The Kier molecular flexibility index (Phi) is 6.85. The summed E-state index contributed by atoms with van der Waals surface area (Å²) >= 11 is 5.64. The first-order valence-electron chi connectivity index (χ1n) is 4.55. The van der Waals surface area contributed by atoms with Crippen molar-refractivity contribution in [1.82, 2.24) is 0 Å². The van der Waals surface area contributed by atoms with Crippen molar-refractivity contribution in [2.45, 2.75) is 18.9 Å². The molecular weight excluding hydrogens is 238 g/mol. The highest BCUT2D eigenvalue weighted by molar-refractivity contribution is 6.30. The van der Waals surface area contributed by atoms with E-state index in [1.165, 1.54) is 6.07 Å². The Morgan fingerprint density at radius 3 is 2.60 bits per heavy atom. The fraction of sp³-hybridized carbons (Fsp3) is 0.400. The number of nitrogens with two attached hydrogens (primary N) is 2. The van der Waals surface area contributed by atoms with Crippen LogP contribution in [-0.4, -0.2) is 6.54 Å². The first kappa shape index (κ1) is 14.6. The molecule has 1 atom stereocenters. The molecule has 0 aromatic heterocycles. The van der Waals surface area contributed by atoms with Crippen molar-refractivity contribution < 1.29 is 4.39 Å². The van der Waals surface area contributed by atoms with Crippen molar-refractivity contribution in [3.8, 4) is 0 Å². The lowest BCUT2D eigenvalue weighted by atomic mass is 10.0. The molecule has 0 heterocycles. The molecule has 0 spiro atoms. The molecule has 0 aliphatic carbocycles. The molecule has 0 radical (unpaired) electrons. The Morgan fingerprint density at radius 2 is 2.07 bits per heavy atom. The minimum absolute atomic E-state index is 0. The standard InChI is InChI=1S/C10H14ClFN2.ClH/c11-8-6-7(3-4-9(8)12)10(14)2-1-5-13;/h3-4,6,10H,1-2,5,13-14H2;1H/t10-;/m0./s1. The van der Waals surface area contributed by atoms with Gasteiger partial charge in [-0.05, 0) is 37.1 Å². The van der Waals surface area contributed by atoms with Gasteiger partial charge in [-0.3, -0.25) is 0 Å². The molecule has 1 aromatic rings. The lowest BCUT2D eigenvalue weighted by Gasteiger charge is -2.11. The molecule has 0 fully saturated rings. The summed E-state index contributed by atoms with van der Waals surface area (Å²) in [4.78, 5) is 0. The quantitative estimate of drug-likeness (QED) is 0.866. The van der Waals surface area contributed by atoms with Gasteiger partial charge in [0.2, 0.25) is 0 Å². The number of halogens is 3. The summed E-state index contributed by atoms with van der Waals surface area (Å²) in [6, 6.07) is 4.44. The maximum atomic E-state index is 12.8. The van der Waals surface area contributed by atoms with Crippen LogP contribution in [0.15, 0.2) is 18.2 Å². The monoisotopic (exact) mass is 252 g/mol. The molecule has 1 aromatic carbocycles. The topological polar surface area (TPSA) is 52.0 Å². The summed E-state index contributed by atoms with van der Waals surface area (Å²) in [5, 5.41) is 0.116. The van der Waals surface area contributed by atoms with Gasteiger partial charge in [0.25, 0.3) is 0 Å². The minimum atomic E-state index is -0.415. The Labute approximate surface area is 100 Å². The van der Waals surface area contributed by atoms with E-state index in [0.717, 1.165) is 18.4 Å². The zero-order valence-corrected chi connectivity index (χ0v) is 9.82. The van der Waals surface area contributed by atoms with Gasteiger partial charge in [0.15, 0.2) is 0 Å². The molecule has 0 aliphatic heterocycles. The molecule has 0 bridgehead atoms. The van der Waals surface area contributed by atoms with Crippen molar-refractivity contribution in [2.24, 2.45) is 11.5 Å². The maximum absolute atomic E-state index is 12.8. The Bertz CT molecular complexity index is 307. The summed E-state index contributed by atoms with van der Waals surface area (Å²) in [6.45, 7) is 0.614. The number of hydrogen-bond acceptors (Lipinski definition) is 2.